The summed E-state index contributed by atoms with van der Waals surface area (Å²) >= 11 is 0. The van der Waals surface area contributed by atoms with E-state index in [9.17, 15) is 9.59 Å². The van der Waals surface area contributed by atoms with Crippen LogP contribution in [0.2, 0.25) is 0 Å². The fourth-order valence-electron chi connectivity index (χ4n) is 0.718. The molecule has 0 aromatic carbocycles. The highest BCUT2D eigenvalue weighted by atomic mass is 16.2. The molecule has 0 saturated carbocycles. The summed E-state index contributed by atoms with van der Waals surface area (Å²) in [6.07, 6.45) is 4.98. The highest BCUT2D eigenvalue weighted by Crippen LogP contribution is 1.74. The van der Waals surface area contributed by atoms with Crippen molar-refractivity contribution in [2.75, 3.05) is 0 Å². The third-order valence-electron chi connectivity index (χ3n) is 1.30. The summed E-state index contributed by atoms with van der Waals surface area (Å²) in [6.45, 7) is 1.57. The molecule has 0 unspecified atom stereocenters. The predicted octanol–water partition coefficient (Wildman–Crippen LogP) is -1.13. The van der Waals surface area contributed by atoms with E-state index in [1.807, 2.05) is 0 Å². The molecule has 1 aromatic heterocycles. The van der Waals surface area contributed by atoms with Crippen LogP contribution in [0, 0.1) is 19.3 Å². The van der Waals surface area contributed by atoms with Gasteiger partial charge in [-0.05, 0) is 6.92 Å². The largest absolute Gasteiger partial charge is 0.345 e. The molecular formula is C7H7N3O2. The zero-order chi connectivity index (χ0) is 9.14. The van der Waals surface area contributed by atoms with E-state index in [1.165, 1.54) is 6.92 Å². The van der Waals surface area contributed by atoms with Crippen molar-refractivity contribution < 1.29 is 0 Å². The molecule has 1 rings (SSSR count). The van der Waals surface area contributed by atoms with Crippen LogP contribution in [0.5, 0.6) is 0 Å². The molecule has 5 nitrogen and oxygen atoms in total. The summed E-state index contributed by atoms with van der Waals surface area (Å²) in [7, 11) is 0. The molecule has 5 heteroatoms. The van der Waals surface area contributed by atoms with Crippen LogP contribution in [0.4, 0.5) is 0 Å². The number of terminal acetylenes is 1. The number of hydrogen-bond acceptors (Lipinski definition) is 3. The van der Waals surface area contributed by atoms with Gasteiger partial charge < -0.3 is 0 Å². The Labute approximate surface area is 68.1 Å². The zero-order valence-electron chi connectivity index (χ0n) is 6.50. The summed E-state index contributed by atoms with van der Waals surface area (Å²) in [5, 5.41) is 3.68. The highest BCUT2D eigenvalue weighted by molar-refractivity contribution is 4.90. The van der Waals surface area contributed by atoms with Crippen LogP contribution in [-0.2, 0) is 6.54 Å². The number of nitrogens with one attached hydrogen (secondary N) is 1. The Morgan fingerprint density at radius 3 is 2.92 bits per heavy atom. The van der Waals surface area contributed by atoms with Crippen LogP contribution in [0.3, 0.4) is 0 Å². The van der Waals surface area contributed by atoms with Crippen molar-refractivity contribution in [3.05, 3.63) is 26.5 Å². The van der Waals surface area contributed by atoms with Crippen molar-refractivity contribution in [2.45, 2.75) is 13.5 Å². The lowest BCUT2D eigenvalue weighted by atomic mass is 10.5. The number of rotatable bonds is 1. The maximum atomic E-state index is 10.9. The Morgan fingerprint density at radius 1 is 1.67 bits per heavy atom. The van der Waals surface area contributed by atoms with Crippen molar-refractivity contribution in [3.8, 4) is 12.3 Å². The van der Waals surface area contributed by atoms with Crippen molar-refractivity contribution in [3.63, 3.8) is 0 Å². The monoisotopic (exact) mass is 165 g/mol. The second-order valence-corrected chi connectivity index (χ2v) is 2.21. The minimum atomic E-state index is -0.580. The third kappa shape index (κ3) is 1.42. The summed E-state index contributed by atoms with van der Waals surface area (Å²) in [5.41, 5.74) is -0.832. The molecule has 62 valence electrons. The first-order valence-corrected chi connectivity index (χ1v) is 3.26. The Bertz CT molecular complexity index is 435. The third-order valence-corrected chi connectivity index (χ3v) is 1.30. The van der Waals surface area contributed by atoms with E-state index >= 15 is 0 Å². The average molecular weight is 165 g/mol. The SMILES string of the molecule is C#CCn1nc(C)c(=O)[nH]c1=O. The summed E-state index contributed by atoms with van der Waals surface area (Å²) in [4.78, 5) is 23.8. The van der Waals surface area contributed by atoms with Gasteiger partial charge in [0.1, 0.15) is 12.2 Å². The van der Waals surface area contributed by atoms with E-state index in [-0.39, 0.29) is 12.2 Å². The Hall–Kier alpha value is -1.83. The van der Waals surface area contributed by atoms with E-state index in [0.29, 0.717) is 0 Å². The van der Waals surface area contributed by atoms with Crippen LogP contribution >= 0.6 is 0 Å². The second kappa shape index (κ2) is 3.05. The van der Waals surface area contributed by atoms with Crippen molar-refractivity contribution in [1.82, 2.24) is 14.8 Å². The van der Waals surface area contributed by atoms with Gasteiger partial charge in [-0.3, -0.25) is 9.78 Å². The molecule has 0 aliphatic carbocycles. The molecule has 0 aliphatic rings. The molecule has 0 amide bonds. The Kier molecular flexibility index (Phi) is 2.10. The van der Waals surface area contributed by atoms with Crippen molar-refractivity contribution in [2.24, 2.45) is 0 Å². The summed E-state index contributed by atoms with van der Waals surface area (Å²) in [6, 6.07) is 0. The quantitative estimate of drug-likeness (QED) is 0.535. The Morgan fingerprint density at radius 2 is 2.33 bits per heavy atom. The van der Waals surface area contributed by atoms with Gasteiger partial charge in [0.05, 0.1) is 0 Å². The number of H-pyrrole nitrogens is 1. The number of aryl methyl sites for hydroxylation is 1. The van der Waals surface area contributed by atoms with Gasteiger partial charge in [0.2, 0.25) is 0 Å². The lowest BCUT2D eigenvalue weighted by Gasteiger charge is -1.97. The molecule has 0 saturated heterocycles. The minimum absolute atomic E-state index is 0.0659. The van der Waals surface area contributed by atoms with Crippen LogP contribution < -0.4 is 11.2 Å². The highest BCUT2D eigenvalue weighted by Gasteiger charge is 1.99. The molecule has 1 heterocycles. The van der Waals surface area contributed by atoms with Crippen LogP contribution in [0.15, 0.2) is 9.59 Å². The van der Waals surface area contributed by atoms with Gasteiger partial charge in [0, 0.05) is 0 Å². The maximum Gasteiger partial charge on any atom is 0.345 e. The first-order valence-electron chi connectivity index (χ1n) is 3.26. The summed E-state index contributed by atoms with van der Waals surface area (Å²) in [5.74, 6) is 2.25. The van der Waals surface area contributed by atoms with Gasteiger partial charge >= 0.3 is 5.69 Å². The predicted molar refractivity (Wildman–Crippen MR) is 42.7 cm³/mol. The van der Waals surface area contributed by atoms with Gasteiger partial charge in [-0.1, -0.05) is 5.92 Å². The van der Waals surface area contributed by atoms with Crippen LogP contribution in [0.25, 0.3) is 0 Å². The molecule has 1 N–H and O–H groups in total. The number of aromatic nitrogens is 3. The molecule has 0 bridgehead atoms. The number of nitrogens with zero attached hydrogens (tertiary/aromatic N) is 2. The first-order chi connectivity index (χ1) is 5.65. The van der Waals surface area contributed by atoms with Gasteiger partial charge in [0.25, 0.3) is 5.56 Å². The smallest absolute Gasteiger partial charge is 0.271 e. The van der Waals surface area contributed by atoms with E-state index < -0.39 is 11.2 Å². The minimum Gasteiger partial charge on any atom is -0.271 e. The molecule has 0 atom stereocenters. The molecule has 0 fully saturated rings. The fourth-order valence-corrected chi connectivity index (χ4v) is 0.718. The first kappa shape index (κ1) is 8.27. The summed E-state index contributed by atoms with van der Waals surface area (Å²) < 4.78 is 1.02. The molecule has 0 spiro atoms. The average Bonchev–Trinajstić information content (AvgIpc) is 2.01. The van der Waals surface area contributed by atoms with Gasteiger partial charge in [-0.25, -0.2) is 9.48 Å². The number of aromatic amines is 1. The normalized spacial score (nSPS) is 9.33. The van der Waals surface area contributed by atoms with E-state index in [2.05, 4.69) is 16.0 Å². The van der Waals surface area contributed by atoms with Crippen LogP contribution in [-0.4, -0.2) is 14.8 Å². The molecule has 1 aromatic rings. The zero-order valence-corrected chi connectivity index (χ0v) is 6.50. The maximum absolute atomic E-state index is 10.9. The van der Waals surface area contributed by atoms with E-state index in [1.54, 1.807) is 0 Å². The van der Waals surface area contributed by atoms with E-state index in [4.69, 9.17) is 6.42 Å². The van der Waals surface area contributed by atoms with Gasteiger partial charge in [0.15, 0.2) is 0 Å². The molecule has 12 heavy (non-hydrogen) atoms. The van der Waals surface area contributed by atoms with E-state index in [0.717, 1.165) is 4.68 Å². The van der Waals surface area contributed by atoms with Gasteiger partial charge in [-0.15, -0.1) is 6.42 Å². The lowest BCUT2D eigenvalue weighted by molar-refractivity contribution is 0.614. The number of hydrogen-bond donors (Lipinski definition) is 1. The van der Waals surface area contributed by atoms with Crippen molar-refractivity contribution >= 4 is 0 Å². The van der Waals surface area contributed by atoms with Crippen molar-refractivity contribution in [1.29, 1.82) is 0 Å². The topological polar surface area (TPSA) is 67.8 Å². The second-order valence-electron chi connectivity index (χ2n) is 2.21. The van der Waals surface area contributed by atoms with Crippen LogP contribution in [0.1, 0.15) is 5.69 Å². The lowest BCUT2D eigenvalue weighted by Crippen LogP contribution is -2.33. The van der Waals surface area contributed by atoms with Gasteiger partial charge in [-0.2, -0.15) is 5.10 Å². The standard InChI is InChI=1S/C7H7N3O2/c1-3-4-10-7(12)8-6(11)5(2)9-10/h1H,4H2,2H3,(H,8,11,12). The fraction of sp³-hybridized carbons (Fsp3) is 0.286. The Balaban J connectivity index is 3.35. The molecular weight excluding hydrogens is 158 g/mol. The molecule has 0 aliphatic heterocycles. The molecule has 0 radical (unpaired) electrons.